The molecule has 1 N–H and O–H groups in total. The Labute approximate surface area is 147 Å². The van der Waals surface area contributed by atoms with Crippen molar-refractivity contribution in [2.45, 2.75) is 32.0 Å². The zero-order chi connectivity index (χ0) is 18.1. The lowest BCUT2D eigenvalue weighted by atomic mass is 10.1. The minimum atomic E-state index is -0.742. The third-order valence-corrected chi connectivity index (χ3v) is 3.61. The Morgan fingerprint density at radius 2 is 1.64 bits per heavy atom. The number of carboxylic acids is 1. The number of aryl methyl sites for hydroxylation is 1. The molecule has 132 valence electrons. The summed E-state index contributed by atoms with van der Waals surface area (Å²) in [6, 6.07) is 19.3. The molecule has 2 atom stereocenters. The fourth-order valence-electron chi connectivity index (χ4n) is 2.31. The minimum Gasteiger partial charge on any atom is -0.481 e. The molecule has 1 aliphatic rings. The largest absolute Gasteiger partial charge is 0.481 e. The zero-order valence-corrected chi connectivity index (χ0v) is 14.1. The second-order valence-electron chi connectivity index (χ2n) is 5.52. The Morgan fingerprint density at radius 3 is 2.20 bits per heavy atom. The van der Waals surface area contributed by atoms with E-state index in [-0.39, 0.29) is 18.5 Å². The predicted molar refractivity (Wildman–Crippen MR) is 93.1 cm³/mol. The highest BCUT2D eigenvalue weighted by molar-refractivity contribution is 5.78. The van der Waals surface area contributed by atoms with Gasteiger partial charge in [0.05, 0.1) is 6.61 Å². The fourth-order valence-corrected chi connectivity index (χ4v) is 2.31. The van der Waals surface area contributed by atoms with E-state index < -0.39 is 12.1 Å². The Morgan fingerprint density at radius 1 is 1.04 bits per heavy atom. The van der Waals surface area contributed by atoms with Gasteiger partial charge in [-0.05, 0) is 24.5 Å². The van der Waals surface area contributed by atoms with Crippen molar-refractivity contribution in [3.8, 4) is 0 Å². The second-order valence-corrected chi connectivity index (χ2v) is 5.52. The molecule has 1 heterocycles. The van der Waals surface area contributed by atoms with Crippen LogP contribution in [-0.4, -0.2) is 29.8 Å². The Balaban J connectivity index is 0.000000186. The molecule has 2 aromatic carbocycles. The Hall–Kier alpha value is -2.66. The molecule has 1 saturated heterocycles. The highest BCUT2D eigenvalue weighted by atomic mass is 16.6. The summed E-state index contributed by atoms with van der Waals surface area (Å²) in [5, 5.41) is 8.37. The topological polar surface area (TPSA) is 76.1 Å². The summed E-state index contributed by atoms with van der Waals surface area (Å²) in [4.78, 5) is 21.4. The van der Waals surface area contributed by atoms with Crippen LogP contribution in [0.2, 0.25) is 0 Å². The molecule has 2 aromatic rings. The number of carboxylic acid groups (broad SMARTS) is 1. The Bertz CT molecular complexity index is 669. The van der Waals surface area contributed by atoms with Crippen LogP contribution in [0.1, 0.15) is 30.6 Å². The quantitative estimate of drug-likeness (QED) is 0.643. The van der Waals surface area contributed by atoms with Crippen LogP contribution in [0, 0.1) is 0 Å². The van der Waals surface area contributed by atoms with Gasteiger partial charge in [0.25, 0.3) is 0 Å². The van der Waals surface area contributed by atoms with Crippen LogP contribution in [0.5, 0.6) is 0 Å². The van der Waals surface area contributed by atoms with Crippen molar-refractivity contribution in [2.24, 2.45) is 0 Å². The molecule has 0 saturated carbocycles. The first kappa shape index (κ1) is 18.7. The van der Waals surface area contributed by atoms with E-state index in [1.165, 1.54) is 0 Å². The second kappa shape index (κ2) is 9.59. The maximum atomic E-state index is 11.2. The molecule has 0 amide bonds. The van der Waals surface area contributed by atoms with Crippen LogP contribution in [0.15, 0.2) is 60.7 Å². The monoisotopic (exact) mass is 342 g/mol. The predicted octanol–water partition coefficient (Wildman–Crippen LogP) is 3.39. The van der Waals surface area contributed by atoms with Crippen molar-refractivity contribution in [1.29, 1.82) is 0 Å². The molecule has 0 aliphatic carbocycles. The molecule has 0 aromatic heterocycles. The molecule has 0 spiro atoms. The standard InChI is InChI=1S/C11H12O3.C9H10O2/c1-2-13-11(12)10-9(14-10)8-6-4-3-5-7-8;10-9(11)7-6-8-4-2-1-3-5-8/h3-7,9-10H,2H2,1H3;1-5H,6-7H2,(H,10,11). The van der Waals surface area contributed by atoms with E-state index in [9.17, 15) is 9.59 Å². The molecule has 5 heteroatoms. The summed E-state index contributed by atoms with van der Waals surface area (Å²) < 4.78 is 10.1. The fraction of sp³-hybridized carbons (Fsp3) is 0.300. The maximum absolute atomic E-state index is 11.2. The maximum Gasteiger partial charge on any atom is 0.338 e. The molecule has 1 aliphatic heterocycles. The number of ether oxygens (including phenoxy) is 2. The van der Waals surface area contributed by atoms with Crippen molar-refractivity contribution in [2.75, 3.05) is 6.61 Å². The van der Waals surface area contributed by atoms with Crippen molar-refractivity contribution < 1.29 is 24.2 Å². The van der Waals surface area contributed by atoms with Crippen LogP contribution < -0.4 is 0 Å². The molecule has 2 unspecified atom stereocenters. The highest BCUT2D eigenvalue weighted by Crippen LogP contribution is 2.39. The van der Waals surface area contributed by atoms with Gasteiger partial charge in [0, 0.05) is 6.42 Å². The SMILES string of the molecule is CCOC(=O)C1OC1c1ccccc1.O=C(O)CCc1ccccc1. The first-order valence-corrected chi connectivity index (χ1v) is 8.24. The summed E-state index contributed by atoms with van der Waals surface area (Å²) in [5.41, 5.74) is 2.11. The normalized spacial score (nSPS) is 17.8. The van der Waals surface area contributed by atoms with E-state index in [0.717, 1.165) is 11.1 Å². The van der Waals surface area contributed by atoms with Gasteiger partial charge < -0.3 is 14.6 Å². The molecular formula is C20H22O5. The van der Waals surface area contributed by atoms with Gasteiger partial charge in [0.2, 0.25) is 0 Å². The summed E-state index contributed by atoms with van der Waals surface area (Å²) >= 11 is 0. The number of rotatable bonds is 6. The van der Waals surface area contributed by atoms with Crippen LogP contribution in [0.3, 0.4) is 0 Å². The lowest BCUT2D eigenvalue weighted by Gasteiger charge is -1.96. The van der Waals surface area contributed by atoms with Gasteiger partial charge in [-0.15, -0.1) is 0 Å². The number of carbonyl (C=O) groups excluding carboxylic acids is 1. The van der Waals surface area contributed by atoms with Gasteiger partial charge in [-0.25, -0.2) is 4.79 Å². The number of epoxide rings is 1. The minimum absolute atomic E-state index is 0.102. The third kappa shape index (κ3) is 6.39. The van der Waals surface area contributed by atoms with Gasteiger partial charge in [-0.1, -0.05) is 60.7 Å². The zero-order valence-electron chi connectivity index (χ0n) is 14.1. The number of hydrogen-bond donors (Lipinski definition) is 1. The third-order valence-electron chi connectivity index (χ3n) is 3.61. The van der Waals surface area contributed by atoms with Crippen LogP contribution in [0.4, 0.5) is 0 Å². The lowest BCUT2D eigenvalue weighted by Crippen LogP contribution is -2.11. The smallest absolute Gasteiger partial charge is 0.338 e. The molecule has 0 bridgehead atoms. The molecule has 25 heavy (non-hydrogen) atoms. The van der Waals surface area contributed by atoms with E-state index in [2.05, 4.69) is 0 Å². The lowest BCUT2D eigenvalue weighted by molar-refractivity contribution is -0.144. The van der Waals surface area contributed by atoms with E-state index in [1.807, 2.05) is 60.7 Å². The molecular weight excluding hydrogens is 320 g/mol. The van der Waals surface area contributed by atoms with Gasteiger partial charge >= 0.3 is 11.9 Å². The molecule has 0 radical (unpaired) electrons. The average Bonchev–Trinajstić information content (AvgIpc) is 3.43. The Kier molecular flexibility index (Phi) is 7.16. The van der Waals surface area contributed by atoms with Gasteiger partial charge in [0.1, 0.15) is 6.10 Å². The number of benzene rings is 2. The first-order valence-electron chi connectivity index (χ1n) is 8.24. The average molecular weight is 342 g/mol. The van der Waals surface area contributed by atoms with Gasteiger partial charge in [-0.2, -0.15) is 0 Å². The summed E-state index contributed by atoms with van der Waals surface area (Å²) in [5.74, 6) is -1.00. The van der Waals surface area contributed by atoms with Gasteiger partial charge in [0.15, 0.2) is 6.10 Å². The van der Waals surface area contributed by atoms with Crippen LogP contribution in [0.25, 0.3) is 0 Å². The van der Waals surface area contributed by atoms with E-state index >= 15 is 0 Å². The number of esters is 1. The highest BCUT2D eigenvalue weighted by Gasteiger charge is 2.47. The van der Waals surface area contributed by atoms with E-state index in [0.29, 0.717) is 13.0 Å². The summed E-state index contributed by atoms with van der Waals surface area (Å²) in [6.45, 7) is 2.19. The first-order chi connectivity index (χ1) is 12.1. The number of carbonyl (C=O) groups is 2. The molecule has 5 nitrogen and oxygen atoms in total. The van der Waals surface area contributed by atoms with Crippen molar-refractivity contribution >= 4 is 11.9 Å². The van der Waals surface area contributed by atoms with Crippen molar-refractivity contribution in [3.63, 3.8) is 0 Å². The van der Waals surface area contributed by atoms with Gasteiger partial charge in [-0.3, -0.25) is 4.79 Å². The molecule has 1 fully saturated rings. The summed E-state index contributed by atoms with van der Waals surface area (Å²) in [6.07, 6.45) is 0.341. The van der Waals surface area contributed by atoms with Crippen LogP contribution >= 0.6 is 0 Å². The van der Waals surface area contributed by atoms with E-state index in [4.69, 9.17) is 14.6 Å². The van der Waals surface area contributed by atoms with Crippen LogP contribution in [-0.2, 0) is 25.5 Å². The number of hydrogen-bond acceptors (Lipinski definition) is 4. The van der Waals surface area contributed by atoms with E-state index in [1.54, 1.807) is 6.92 Å². The molecule has 3 rings (SSSR count). The number of aliphatic carboxylic acids is 1. The van der Waals surface area contributed by atoms with Crippen molar-refractivity contribution in [3.05, 3.63) is 71.8 Å². The van der Waals surface area contributed by atoms with Crippen molar-refractivity contribution in [1.82, 2.24) is 0 Å². The summed E-state index contributed by atoms with van der Waals surface area (Å²) in [7, 11) is 0.